The van der Waals surface area contributed by atoms with Gasteiger partial charge in [0.15, 0.2) is 0 Å². The van der Waals surface area contributed by atoms with Crippen LogP contribution in [0, 0.1) is 0 Å². The SMILES string of the molecule is O=C(CCCC(=O)N/N=C\c1ccc(-c2ccccc2)cc1)N/N=C\c1ccc(-c2ccccc2)cc1. The Kier molecular flexibility index (Phi) is 9.08. The molecule has 2 N–H and O–H groups in total. The molecule has 37 heavy (non-hydrogen) atoms. The third kappa shape index (κ3) is 8.11. The minimum atomic E-state index is -0.244. The average molecular weight is 489 g/mol. The third-order valence-electron chi connectivity index (χ3n) is 5.65. The topological polar surface area (TPSA) is 82.9 Å². The molecule has 0 aliphatic carbocycles. The Morgan fingerprint density at radius 2 is 0.865 bits per heavy atom. The second-order valence-corrected chi connectivity index (χ2v) is 8.42. The van der Waals surface area contributed by atoms with Crippen molar-refractivity contribution in [2.24, 2.45) is 10.2 Å². The molecule has 0 saturated carbocycles. The van der Waals surface area contributed by atoms with E-state index in [4.69, 9.17) is 0 Å². The maximum Gasteiger partial charge on any atom is 0.240 e. The molecular weight excluding hydrogens is 460 g/mol. The highest BCUT2D eigenvalue weighted by molar-refractivity contribution is 5.85. The average Bonchev–Trinajstić information content (AvgIpc) is 2.95. The van der Waals surface area contributed by atoms with Crippen molar-refractivity contribution in [3.05, 3.63) is 120 Å². The van der Waals surface area contributed by atoms with E-state index in [2.05, 4.69) is 45.3 Å². The third-order valence-corrected chi connectivity index (χ3v) is 5.65. The molecule has 0 aromatic heterocycles. The quantitative estimate of drug-likeness (QED) is 0.219. The van der Waals surface area contributed by atoms with Crippen molar-refractivity contribution in [2.75, 3.05) is 0 Å². The Hall–Kier alpha value is -4.84. The van der Waals surface area contributed by atoms with E-state index < -0.39 is 0 Å². The Balaban J connectivity index is 1.13. The molecule has 0 fully saturated rings. The highest BCUT2D eigenvalue weighted by Crippen LogP contribution is 2.19. The fraction of sp³-hybridized carbons (Fsp3) is 0.0968. The van der Waals surface area contributed by atoms with Gasteiger partial charge in [-0.05, 0) is 39.8 Å². The number of carbonyl (C=O) groups is 2. The zero-order valence-electron chi connectivity index (χ0n) is 20.4. The monoisotopic (exact) mass is 488 g/mol. The van der Waals surface area contributed by atoms with Crippen LogP contribution < -0.4 is 10.9 Å². The van der Waals surface area contributed by atoms with E-state index in [1.54, 1.807) is 12.4 Å². The number of nitrogens with zero attached hydrogens (tertiary/aromatic N) is 2. The zero-order valence-corrected chi connectivity index (χ0v) is 20.4. The number of hydrogen-bond acceptors (Lipinski definition) is 4. The summed E-state index contributed by atoms with van der Waals surface area (Å²) in [4.78, 5) is 24.0. The van der Waals surface area contributed by atoms with E-state index in [1.807, 2.05) is 84.9 Å². The van der Waals surface area contributed by atoms with Crippen LogP contribution in [0.15, 0.2) is 119 Å². The number of hydrazone groups is 2. The maximum absolute atomic E-state index is 12.0. The van der Waals surface area contributed by atoms with Gasteiger partial charge in [0.05, 0.1) is 12.4 Å². The second kappa shape index (κ2) is 13.3. The van der Waals surface area contributed by atoms with E-state index in [0.29, 0.717) is 6.42 Å². The van der Waals surface area contributed by atoms with Crippen molar-refractivity contribution in [1.29, 1.82) is 0 Å². The molecule has 0 aliphatic heterocycles. The smallest absolute Gasteiger partial charge is 0.240 e. The Bertz CT molecular complexity index is 1240. The summed E-state index contributed by atoms with van der Waals surface area (Å²) in [5, 5.41) is 8.00. The summed E-state index contributed by atoms with van der Waals surface area (Å²) in [5.41, 5.74) is 11.3. The summed E-state index contributed by atoms with van der Waals surface area (Å²) < 4.78 is 0. The van der Waals surface area contributed by atoms with Crippen LogP contribution in [-0.4, -0.2) is 24.2 Å². The van der Waals surface area contributed by atoms with Crippen LogP contribution in [0.4, 0.5) is 0 Å². The van der Waals surface area contributed by atoms with Gasteiger partial charge in [0.2, 0.25) is 11.8 Å². The first kappa shape index (κ1) is 25.3. The van der Waals surface area contributed by atoms with Crippen molar-refractivity contribution in [2.45, 2.75) is 19.3 Å². The maximum atomic E-state index is 12.0. The van der Waals surface area contributed by atoms with Gasteiger partial charge in [-0.2, -0.15) is 10.2 Å². The lowest BCUT2D eigenvalue weighted by atomic mass is 10.0. The summed E-state index contributed by atoms with van der Waals surface area (Å²) in [6.07, 6.45) is 3.99. The lowest BCUT2D eigenvalue weighted by Gasteiger charge is -2.03. The minimum Gasteiger partial charge on any atom is -0.273 e. The van der Waals surface area contributed by atoms with E-state index >= 15 is 0 Å². The van der Waals surface area contributed by atoms with Gasteiger partial charge in [0.1, 0.15) is 0 Å². The zero-order chi connectivity index (χ0) is 25.7. The Labute approximate surface area is 216 Å². The van der Waals surface area contributed by atoms with E-state index in [9.17, 15) is 9.59 Å². The number of nitrogens with one attached hydrogen (secondary N) is 2. The summed E-state index contributed by atoms with van der Waals surface area (Å²) in [7, 11) is 0. The lowest BCUT2D eigenvalue weighted by Crippen LogP contribution is -2.20. The van der Waals surface area contributed by atoms with Gasteiger partial charge in [-0.25, -0.2) is 10.9 Å². The van der Waals surface area contributed by atoms with Crippen molar-refractivity contribution in [3.63, 3.8) is 0 Å². The highest BCUT2D eigenvalue weighted by Gasteiger charge is 2.04. The van der Waals surface area contributed by atoms with Gasteiger partial charge in [-0.1, -0.05) is 109 Å². The Morgan fingerprint density at radius 3 is 1.24 bits per heavy atom. The van der Waals surface area contributed by atoms with Gasteiger partial charge in [0, 0.05) is 12.8 Å². The molecule has 2 amide bonds. The summed E-state index contributed by atoms with van der Waals surface area (Å²) in [6.45, 7) is 0. The highest BCUT2D eigenvalue weighted by atomic mass is 16.2. The fourth-order valence-electron chi connectivity index (χ4n) is 3.66. The second-order valence-electron chi connectivity index (χ2n) is 8.42. The first-order chi connectivity index (χ1) is 18.2. The van der Waals surface area contributed by atoms with Crippen molar-refractivity contribution >= 4 is 24.2 Å². The van der Waals surface area contributed by atoms with E-state index in [-0.39, 0.29) is 24.7 Å². The molecule has 0 heterocycles. The van der Waals surface area contributed by atoms with Gasteiger partial charge in [0.25, 0.3) is 0 Å². The largest absolute Gasteiger partial charge is 0.273 e. The molecule has 6 heteroatoms. The van der Waals surface area contributed by atoms with Gasteiger partial charge >= 0.3 is 0 Å². The summed E-state index contributed by atoms with van der Waals surface area (Å²) in [5.74, 6) is -0.487. The normalized spacial score (nSPS) is 11.0. The van der Waals surface area contributed by atoms with Crippen LogP contribution in [0.1, 0.15) is 30.4 Å². The van der Waals surface area contributed by atoms with Crippen molar-refractivity contribution in [1.82, 2.24) is 10.9 Å². The van der Waals surface area contributed by atoms with Crippen LogP contribution in [0.3, 0.4) is 0 Å². The number of rotatable bonds is 10. The molecule has 184 valence electrons. The molecular formula is C31H28N4O2. The predicted molar refractivity (Wildman–Crippen MR) is 149 cm³/mol. The number of carbonyl (C=O) groups excluding carboxylic acids is 2. The number of amides is 2. The standard InChI is InChI=1S/C31H28N4O2/c36-30(34-32-22-24-14-18-28(19-15-24)26-8-3-1-4-9-26)12-7-13-31(37)35-33-23-25-16-20-29(21-17-25)27-10-5-2-6-11-27/h1-6,8-11,14-23H,7,12-13H2,(H,34,36)(H,35,37)/b32-22-,33-23-. The summed E-state index contributed by atoms with van der Waals surface area (Å²) >= 11 is 0. The van der Waals surface area contributed by atoms with Crippen LogP contribution in [0.5, 0.6) is 0 Å². The van der Waals surface area contributed by atoms with Crippen molar-refractivity contribution < 1.29 is 9.59 Å². The predicted octanol–water partition coefficient (Wildman–Crippen LogP) is 5.79. The van der Waals surface area contributed by atoms with Gasteiger partial charge in [-0.3, -0.25) is 9.59 Å². The van der Waals surface area contributed by atoms with Crippen LogP contribution in [0.25, 0.3) is 22.3 Å². The number of hydrogen-bond donors (Lipinski definition) is 2. The molecule has 0 aliphatic rings. The van der Waals surface area contributed by atoms with Crippen molar-refractivity contribution in [3.8, 4) is 22.3 Å². The lowest BCUT2D eigenvalue weighted by molar-refractivity contribution is -0.122. The van der Waals surface area contributed by atoms with Gasteiger partial charge in [-0.15, -0.1) is 0 Å². The number of benzene rings is 4. The molecule has 0 radical (unpaired) electrons. The molecule has 0 bridgehead atoms. The van der Waals surface area contributed by atoms with Gasteiger partial charge < -0.3 is 0 Å². The molecule has 0 spiro atoms. The first-order valence-electron chi connectivity index (χ1n) is 12.1. The molecule has 4 aromatic rings. The van der Waals surface area contributed by atoms with Crippen LogP contribution in [-0.2, 0) is 9.59 Å². The van der Waals surface area contributed by atoms with E-state index in [0.717, 1.165) is 33.4 Å². The molecule has 6 nitrogen and oxygen atoms in total. The Morgan fingerprint density at radius 1 is 0.514 bits per heavy atom. The minimum absolute atomic E-state index is 0.197. The summed E-state index contributed by atoms with van der Waals surface area (Å²) in [6, 6.07) is 36.0. The molecule has 4 aromatic carbocycles. The van der Waals surface area contributed by atoms with E-state index in [1.165, 1.54) is 0 Å². The van der Waals surface area contributed by atoms with Crippen LogP contribution >= 0.6 is 0 Å². The molecule has 4 rings (SSSR count). The fourth-order valence-corrected chi connectivity index (χ4v) is 3.66. The molecule has 0 unspecified atom stereocenters. The molecule has 0 saturated heterocycles. The first-order valence-corrected chi connectivity index (χ1v) is 12.1. The van der Waals surface area contributed by atoms with Crippen LogP contribution in [0.2, 0.25) is 0 Å². The molecule has 0 atom stereocenters.